The molecule has 0 bridgehead atoms. The number of carbonyl (C=O) groups is 2. The van der Waals surface area contributed by atoms with Gasteiger partial charge in [-0.05, 0) is 6.07 Å². The fourth-order valence-corrected chi connectivity index (χ4v) is 2.58. The summed E-state index contributed by atoms with van der Waals surface area (Å²) in [6, 6.07) is 5.58. The summed E-state index contributed by atoms with van der Waals surface area (Å²) in [4.78, 5) is 33.5. The number of hydrogen-bond acceptors (Lipinski definition) is 5. The molecule has 1 aromatic heterocycles. The SMILES string of the molecule is O=C(NCc1ccccc1OC(F)(F)F)C1CN(C(=O)c2cnccn2)C1. The Labute approximate surface area is 152 Å². The predicted octanol–water partition coefficient (Wildman–Crippen LogP) is 1.76. The number of carbonyl (C=O) groups excluding carboxylic acids is 2. The highest BCUT2D eigenvalue weighted by Crippen LogP contribution is 2.26. The smallest absolute Gasteiger partial charge is 0.405 e. The normalized spacial score (nSPS) is 14.4. The standard InChI is InChI=1S/C17H15F3N4O3/c18-17(19,20)27-14-4-2-1-3-11(14)7-23-15(25)12-9-24(10-12)16(26)13-8-21-5-6-22-13/h1-6,8,12H,7,9-10H2,(H,23,25). The molecule has 1 aromatic carbocycles. The largest absolute Gasteiger partial charge is 0.573 e. The van der Waals surface area contributed by atoms with Crippen LogP contribution in [0.5, 0.6) is 5.75 Å². The van der Waals surface area contributed by atoms with Gasteiger partial charge in [0.05, 0.1) is 12.1 Å². The van der Waals surface area contributed by atoms with Crippen LogP contribution < -0.4 is 10.1 Å². The minimum Gasteiger partial charge on any atom is -0.405 e. The Hall–Kier alpha value is -3.17. The Kier molecular flexibility index (Phi) is 5.24. The first-order valence-electron chi connectivity index (χ1n) is 8.00. The van der Waals surface area contributed by atoms with Crippen LogP contribution in [-0.2, 0) is 11.3 Å². The number of amides is 2. The molecule has 1 aliphatic rings. The van der Waals surface area contributed by atoms with Crippen molar-refractivity contribution in [1.82, 2.24) is 20.2 Å². The highest BCUT2D eigenvalue weighted by molar-refractivity contribution is 5.94. The van der Waals surface area contributed by atoms with Crippen LogP contribution in [0.2, 0.25) is 0 Å². The van der Waals surface area contributed by atoms with Crippen LogP contribution in [-0.4, -0.2) is 46.1 Å². The van der Waals surface area contributed by atoms with Gasteiger partial charge < -0.3 is 15.0 Å². The summed E-state index contributed by atoms with van der Waals surface area (Å²) in [5.41, 5.74) is 0.393. The summed E-state index contributed by atoms with van der Waals surface area (Å²) in [7, 11) is 0. The molecule has 2 aromatic rings. The van der Waals surface area contributed by atoms with Gasteiger partial charge in [-0.1, -0.05) is 18.2 Å². The quantitative estimate of drug-likeness (QED) is 0.855. The van der Waals surface area contributed by atoms with Crippen molar-refractivity contribution in [2.75, 3.05) is 13.1 Å². The van der Waals surface area contributed by atoms with Crippen LogP contribution in [0.25, 0.3) is 0 Å². The van der Waals surface area contributed by atoms with Crippen molar-refractivity contribution in [3.63, 3.8) is 0 Å². The summed E-state index contributed by atoms with van der Waals surface area (Å²) < 4.78 is 41.2. The molecule has 0 unspecified atom stereocenters. The molecule has 0 aliphatic carbocycles. The van der Waals surface area contributed by atoms with Gasteiger partial charge in [0.1, 0.15) is 11.4 Å². The lowest BCUT2D eigenvalue weighted by molar-refractivity contribution is -0.274. The number of rotatable bonds is 5. The zero-order chi connectivity index (χ0) is 19.4. The van der Waals surface area contributed by atoms with E-state index in [1.165, 1.54) is 41.7 Å². The first-order chi connectivity index (χ1) is 12.8. The summed E-state index contributed by atoms with van der Waals surface area (Å²) >= 11 is 0. The number of aromatic nitrogens is 2. The van der Waals surface area contributed by atoms with E-state index in [1.54, 1.807) is 6.07 Å². The number of alkyl halides is 3. The number of nitrogens with one attached hydrogen (secondary N) is 1. The average molecular weight is 380 g/mol. The lowest BCUT2D eigenvalue weighted by Crippen LogP contribution is -2.55. The summed E-state index contributed by atoms with van der Waals surface area (Å²) in [5.74, 6) is -1.46. The second-order valence-corrected chi connectivity index (χ2v) is 5.87. The number of para-hydroxylation sites is 1. The number of halogens is 3. The Balaban J connectivity index is 1.51. The van der Waals surface area contributed by atoms with Gasteiger partial charge in [0, 0.05) is 37.6 Å². The van der Waals surface area contributed by atoms with Crippen molar-refractivity contribution in [2.45, 2.75) is 12.9 Å². The Morgan fingerprint density at radius 3 is 2.63 bits per heavy atom. The maximum Gasteiger partial charge on any atom is 0.573 e. The fraction of sp³-hybridized carbons (Fsp3) is 0.294. The Morgan fingerprint density at radius 2 is 1.96 bits per heavy atom. The van der Waals surface area contributed by atoms with Crippen LogP contribution in [0, 0.1) is 5.92 Å². The van der Waals surface area contributed by atoms with Crippen LogP contribution in [0.4, 0.5) is 13.2 Å². The number of benzene rings is 1. The van der Waals surface area contributed by atoms with E-state index in [0.29, 0.717) is 0 Å². The average Bonchev–Trinajstić information content (AvgIpc) is 2.59. The van der Waals surface area contributed by atoms with Gasteiger partial charge in [0.25, 0.3) is 5.91 Å². The van der Waals surface area contributed by atoms with Crippen molar-refractivity contribution in [1.29, 1.82) is 0 Å². The van der Waals surface area contributed by atoms with Gasteiger partial charge in [-0.25, -0.2) is 4.98 Å². The number of hydrogen-bond donors (Lipinski definition) is 1. The molecule has 7 nitrogen and oxygen atoms in total. The second kappa shape index (κ2) is 7.60. The first-order valence-corrected chi connectivity index (χ1v) is 8.00. The highest BCUT2D eigenvalue weighted by atomic mass is 19.4. The molecule has 2 heterocycles. The molecule has 1 fully saturated rings. The molecule has 1 aliphatic heterocycles. The number of likely N-dealkylation sites (tertiary alicyclic amines) is 1. The molecule has 0 spiro atoms. The molecule has 3 rings (SSSR count). The van der Waals surface area contributed by atoms with Gasteiger partial charge >= 0.3 is 6.36 Å². The first kappa shape index (κ1) is 18.6. The van der Waals surface area contributed by atoms with E-state index in [-0.39, 0.29) is 48.5 Å². The van der Waals surface area contributed by atoms with E-state index in [4.69, 9.17) is 0 Å². The number of nitrogens with zero attached hydrogens (tertiary/aromatic N) is 3. The highest BCUT2D eigenvalue weighted by Gasteiger charge is 2.36. The third-order valence-corrected chi connectivity index (χ3v) is 3.97. The van der Waals surface area contributed by atoms with Crippen LogP contribution in [0.3, 0.4) is 0 Å². The van der Waals surface area contributed by atoms with E-state index in [2.05, 4.69) is 20.0 Å². The molecule has 0 saturated carbocycles. The molecule has 0 radical (unpaired) electrons. The third-order valence-electron chi connectivity index (χ3n) is 3.97. The second-order valence-electron chi connectivity index (χ2n) is 5.87. The molecule has 2 amide bonds. The zero-order valence-electron chi connectivity index (χ0n) is 13.9. The van der Waals surface area contributed by atoms with Crippen molar-refractivity contribution < 1.29 is 27.5 Å². The Morgan fingerprint density at radius 1 is 1.22 bits per heavy atom. The molecule has 0 atom stereocenters. The Bertz CT molecular complexity index is 824. The lowest BCUT2D eigenvalue weighted by atomic mass is 9.98. The lowest BCUT2D eigenvalue weighted by Gasteiger charge is -2.37. The van der Waals surface area contributed by atoms with Crippen molar-refractivity contribution in [3.05, 3.63) is 54.1 Å². The molecule has 27 heavy (non-hydrogen) atoms. The third kappa shape index (κ3) is 4.72. The maximum atomic E-state index is 12.4. The molecular formula is C17H15F3N4O3. The number of ether oxygens (including phenoxy) is 1. The van der Waals surface area contributed by atoms with Crippen LogP contribution in [0.15, 0.2) is 42.9 Å². The van der Waals surface area contributed by atoms with Crippen molar-refractivity contribution in [2.24, 2.45) is 5.92 Å². The van der Waals surface area contributed by atoms with E-state index in [9.17, 15) is 22.8 Å². The molecular weight excluding hydrogens is 365 g/mol. The van der Waals surface area contributed by atoms with Crippen LogP contribution >= 0.6 is 0 Å². The van der Waals surface area contributed by atoms with E-state index in [0.717, 1.165) is 0 Å². The monoisotopic (exact) mass is 380 g/mol. The topological polar surface area (TPSA) is 84.4 Å². The van der Waals surface area contributed by atoms with Gasteiger partial charge in [0.15, 0.2) is 0 Å². The van der Waals surface area contributed by atoms with Gasteiger partial charge in [-0.2, -0.15) is 0 Å². The molecule has 10 heteroatoms. The summed E-state index contributed by atoms with van der Waals surface area (Å²) in [6.07, 6.45) is -0.621. The van der Waals surface area contributed by atoms with Gasteiger partial charge in [-0.15, -0.1) is 13.2 Å². The van der Waals surface area contributed by atoms with Gasteiger partial charge in [-0.3, -0.25) is 14.6 Å². The summed E-state index contributed by atoms with van der Waals surface area (Å²) in [5, 5.41) is 2.57. The molecule has 142 valence electrons. The van der Waals surface area contributed by atoms with Gasteiger partial charge in [0.2, 0.25) is 5.91 Å². The van der Waals surface area contributed by atoms with Crippen molar-refractivity contribution >= 4 is 11.8 Å². The van der Waals surface area contributed by atoms with Crippen LogP contribution in [0.1, 0.15) is 16.1 Å². The minimum atomic E-state index is -4.81. The zero-order valence-corrected chi connectivity index (χ0v) is 13.9. The van der Waals surface area contributed by atoms with E-state index >= 15 is 0 Å². The van der Waals surface area contributed by atoms with Crippen molar-refractivity contribution in [3.8, 4) is 5.75 Å². The molecule has 1 N–H and O–H groups in total. The molecule has 1 saturated heterocycles. The van der Waals surface area contributed by atoms with E-state index in [1.807, 2.05) is 0 Å². The predicted molar refractivity (Wildman–Crippen MR) is 86.4 cm³/mol. The minimum absolute atomic E-state index is 0.111. The van der Waals surface area contributed by atoms with E-state index < -0.39 is 12.3 Å². The maximum absolute atomic E-state index is 12.4. The summed E-state index contributed by atoms with van der Waals surface area (Å²) in [6.45, 7) is 0.309. The fourth-order valence-electron chi connectivity index (χ4n) is 2.58.